The third kappa shape index (κ3) is 4.56. The molecular weight excluding hydrogens is 460 g/mol. The highest BCUT2D eigenvalue weighted by molar-refractivity contribution is 6.05. The molecule has 3 aromatic heterocycles. The van der Waals surface area contributed by atoms with E-state index < -0.39 is 5.91 Å². The van der Waals surface area contributed by atoms with E-state index in [-0.39, 0.29) is 5.91 Å². The van der Waals surface area contributed by atoms with Gasteiger partial charge in [0.2, 0.25) is 0 Å². The molecule has 2 amide bonds. The number of aryl methyl sites for hydroxylation is 2. The van der Waals surface area contributed by atoms with Crippen molar-refractivity contribution in [3.8, 4) is 0 Å². The van der Waals surface area contributed by atoms with E-state index in [0.29, 0.717) is 46.9 Å². The van der Waals surface area contributed by atoms with Gasteiger partial charge in [0, 0.05) is 42.4 Å². The summed E-state index contributed by atoms with van der Waals surface area (Å²) < 4.78 is 6.97. The van der Waals surface area contributed by atoms with Gasteiger partial charge in [-0.1, -0.05) is 6.07 Å². The van der Waals surface area contributed by atoms with E-state index in [4.69, 9.17) is 10.5 Å². The van der Waals surface area contributed by atoms with Gasteiger partial charge in [-0.15, -0.1) is 0 Å². The lowest BCUT2D eigenvalue weighted by Gasteiger charge is -2.27. The molecule has 4 N–H and O–H groups in total. The third-order valence-corrected chi connectivity index (χ3v) is 6.18. The molecule has 0 spiro atoms. The molecular formula is C25H26N8O3. The zero-order valence-electron chi connectivity index (χ0n) is 20.0. The summed E-state index contributed by atoms with van der Waals surface area (Å²) in [5, 5.41) is 10.5. The first kappa shape index (κ1) is 23.2. The van der Waals surface area contributed by atoms with Crippen molar-refractivity contribution in [2.75, 3.05) is 41.8 Å². The number of hydrogen-bond donors (Lipinski definition) is 3. The monoisotopic (exact) mass is 486 g/mol. The fourth-order valence-electron chi connectivity index (χ4n) is 4.19. The van der Waals surface area contributed by atoms with Gasteiger partial charge in [0.1, 0.15) is 17.7 Å². The predicted octanol–water partition coefficient (Wildman–Crippen LogP) is 2.67. The number of hydrogen-bond acceptors (Lipinski definition) is 8. The van der Waals surface area contributed by atoms with Crippen molar-refractivity contribution >= 4 is 40.3 Å². The maximum atomic E-state index is 13.0. The molecule has 1 aliphatic rings. The minimum absolute atomic E-state index is 0.236. The van der Waals surface area contributed by atoms with E-state index in [2.05, 4.69) is 30.6 Å². The quantitative estimate of drug-likeness (QED) is 0.378. The van der Waals surface area contributed by atoms with Crippen molar-refractivity contribution < 1.29 is 14.3 Å². The van der Waals surface area contributed by atoms with Crippen LogP contribution >= 0.6 is 0 Å². The van der Waals surface area contributed by atoms with Crippen LogP contribution in [-0.4, -0.2) is 57.7 Å². The number of pyridine rings is 1. The molecule has 4 heterocycles. The van der Waals surface area contributed by atoms with Crippen LogP contribution in [0.25, 0.3) is 5.52 Å². The Labute approximate surface area is 207 Å². The zero-order valence-corrected chi connectivity index (χ0v) is 20.0. The molecule has 0 aliphatic carbocycles. The normalized spacial score (nSPS) is 13.6. The number of morpholine rings is 1. The van der Waals surface area contributed by atoms with Crippen molar-refractivity contribution in [2.45, 2.75) is 13.8 Å². The molecule has 11 heteroatoms. The molecule has 184 valence electrons. The second kappa shape index (κ2) is 9.62. The van der Waals surface area contributed by atoms with Crippen molar-refractivity contribution in [2.24, 2.45) is 5.73 Å². The Morgan fingerprint density at radius 3 is 2.67 bits per heavy atom. The van der Waals surface area contributed by atoms with Crippen LogP contribution in [-0.2, 0) is 4.74 Å². The van der Waals surface area contributed by atoms with Crippen LogP contribution in [0.3, 0.4) is 0 Å². The lowest BCUT2D eigenvalue weighted by atomic mass is 10.1. The van der Waals surface area contributed by atoms with Gasteiger partial charge in [0.05, 0.1) is 18.8 Å². The summed E-state index contributed by atoms with van der Waals surface area (Å²) in [5.74, 6) is 0.506. The highest BCUT2D eigenvalue weighted by Gasteiger charge is 2.18. The molecule has 0 bridgehead atoms. The van der Waals surface area contributed by atoms with Gasteiger partial charge in [-0.05, 0) is 49.2 Å². The third-order valence-electron chi connectivity index (χ3n) is 6.18. The second-order valence-corrected chi connectivity index (χ2v) is 8.54. The Bertz CT molecular complexity index is 1460. The first-order chi connectivity index (χ1) is 17.4. The average Bonchev–Trinajstić information content (AvgIpc) is 3.24. The highest BCUT2D eigenvalue weighted by atomic mass is 16.5. The number of rotatable bonds is 6. The Hall–Kier alpha value is -4.51. The van der Waals surface area contributed by atoms with Gasteiger partial charge >= 0.3 is 0 Å². The molecule has 5 rings (SSSR count). The standard InChI is InChI=1S/C25H26N8O3/c1-15-3-4-18(30-25(35)17-5-6-27-21(11-17)32-7-9-36-10-8-32)12-20(15)31-24-22-16(2)19(23(26)34)13-33(22)29-14-28-24/h3-6,11-14H,7-10H2,1-2H3,(H2,26,34)(H,30,35)(H,28,29,31). The van der Waals surface area contributed by atoms with Gasteiger partial charge < -0.3 is 26.0 Å². The lowest BCUT2D eigenvalue weighted by Crippen LogP contribution is -2.36. The summed E-state index contributed by atoms with van der Waals surface area (Å²) >= 11 is 0. The number of aromatic nitrogens is 4. The summed E-state index contributed by atoms with van der Waals surface area (Å²) in [7, 11) is 0. The van der Waals surface area contributed by atoms with E-state index in [9.17, 15) is 9.59 Å². The highest BCUT2D eigenvalue weighted by Crippen LogP contribution is 2.28. The number of ether oxygens (including phenoxy) is 1. The van der Waals surface area contributed by atoms with Crippen LogP contribution in [0.15, 0.2) is 49.1 Å². The maximum Gasteiger partial charge on any atom is 0.255 e. The average molecular weight is 487 g/mol. The van der Waals surface area contributed by atoms with E-state index in [1.165, 1.54) is 6.33 Å². The number of nitrogens with two attached hydrogens (primary N) is 1. The Balaban J connectivity index is 1.38. The van der Waals surface area contributed by atoms with Crippen LogP contribution in [0.4, 0.5) is 23.0 Å². The van der Waals surface area contributed by atoms with Crippen molar-refractivity contribution in [3.05, 3.63) is 71.3 Å². The van der Waals surface area contributed by atoms with E-state index in [1.54, 1.807) is 36.0 Å². The van der Waals surface area contributed by atoms with Gasteiger partial charge in [0.25, 0.3) is 11.8 Å². The Kier molecular flexibility index (Phi) is 6.21. The fraction of sp³-hybridized carbons (Fsp3) is 0.240. The van der Waals surface area contributed by atoms with Gasteiger partial charge in [0.15, 0.2) is 5.82 Å². The summed E-state index contributed by atoms with van der Waals surface area (Å²) in [5.41, 5.74) is 10.0. The predicted molar refractivity (Wildman–Crippen MR) is 136 cm³/mol. The lowest BCUT2D eigenvalue weighted by molar-refractivity contribution is 0.0997. The molecule has 1 aliphatic heterocycles. The number of nitrogens with one attached hydrogen (secondary N) is 2. The summed E-state index contributed by atoms with van der Waals surface area (Å²) in [6, 6.07) is 9.06. The SMILES string of the molecule is Cc1ccc(NC(=O)c2ccnc(N3CCOCC3)c2)cc1Nc1ncnn2cc(C(N)=O)c(C)c12. The number of benzene rings is 1. The number of primary amides is 1. The molecule has 0 radical (unpaired) electrons. The molecule has 1 saturated heterocycles. The number of nitrogens with zero attached hydrogens (tertiary/aromatic N) is 5. The molecule has 0 saturated carbocycles. The molecule has 36 heavy (non-hydrogen) atoms. The number of carbonyl (C=O) groups excluding carboxylic acids is 2. The number of amides is 2. The van der Waals surface area contributed by atoms with Gasteiger partial charge in [-0.3, -0.25) is 9.59 Å². The molecule has 11 nitrogen and oxygen atoms in total. The van der Waals surface area contributed by atoms with E-state index in [1.807, 2.05) is 25.1 Å². The number of anilines is 4. The molecule has 0 atom stereocenters. The molecule has 1 aromatic carbocycles. The minimum Gasteiger partial charge on any atom is -0.378 e. The zero-order chi connectivity index (χ0) is 25.2. The van der Waals surface area contributed by atoms with Gasteiger partial charge in [-0.2, -0.15) is 5.10 Å². The summed E-state index contributed by atoms with van der Waals surface area (Å²) in [6.45, 7) is 6.51. The van der Waals surface area contributed by atoms with E-state index >= 15 is 0 Å². The smallest absolute Gasteiger partial charge is 0.255 e. The Morgan fingerprint density at radius 1 is 1.08 bits per heavy atom. The van der Waals surface area contributed by atoms with Crippen LogP contribution < -0.4 is 21.3 Å². The number of fused-ring (bicyclic) bond motifs is 1. The van der Waals surface area contributed by atoms with Crippen molar-refractivity contribution in [1.29, 1.82) is 0 Å². The fourth-order valence-corrected chi connectivity index (χ4v) is 4.19. The first-order valence-corrected chi connectivity index (χ1v) is 11.5. The van der Waals surface area contributed by atoms with Gasteiger partial charge in [-0.25, -0.2) is 14.5 Å². The van der Waals surface area contributed by atoms with Crippen molar-refractivity contribution in [1.82, 2.24) is 19.6 Å². The van der Waals surface area contributed by atoms with Crippen LogP contribution in [0.5, 0.6) is 0 Å². The largest absolute Gasteiger partial charge is 0.378 e. The molecule has 4 aromatic rings. The van der Waals surface area contributed by atoms with Crippen LogP contribution in [0, 0.1) is 13.8 Å². The first-order valence-electron chi connectivity index (χ1n) is 11.5. The topological polar surface area (TPSA) is 140 Å². The molecule has 0 unspecified atom stereocenters. The van der Waals surface area contributed by atoms with Crippen molar-refractivity contribution in [3.63, 3.8) is 0 Å². The maximum absolute atomic E-state index is 13.0. The second-order valence-electron chi connectivity index (χ2n) is 8.54. The summed E-state index contributed by atoms with van der Waals surface area (Å²) in [6.07, 6.45) is 4.63. The van der Waals surface area contributed by atoms with Crippen LogP contribution in [0.1, 0.15) is 31.8 Å². The summed E-state index contributed by atoms with van der Waals surface area (Å²) in [4.78, 5) is 35.7. The molecule has 1 fully saturated rings. The minimum atomic E-state index is -0.530. The number of carbonyl (C=O) groups is 2. The Morgan fingerprint density at radius 2 is 1.89 bits per heavy atom. The van der Waals surface area contributed by atoms with Crippen LogP contribution in [0.2, 0.25) is 0 Å². The van der Waals surface area contributed by atoms with E-state index in [0.717, 1.165) is 30.2 Å².